The maximum Gasteiger partial charge on any atom is 0.239 e. The van der Waals surface area contributed by atoms with Gasteiger partial charge in [0.05, 0.1) is 6.04 Å². The Morgan fingerprint density at radius 1 is 1.59 bits per heavy atom. The van der Waals surface area contributed by atoms with Crippen LogP contribution in [0.3, 0.4) is 0 Å². The van der Waals surface area contributed by atoms with Gasteiger partial charge in [0.1, 0.15) is 5.82 Å². The molecule has 1 saturated heterocycles. The van der Waals surface area contributed by atoms with Crippen molar-refractivity contribution in [2.75, 3.05) is 13.6 Å². The van der Waals surface area contributed by atoms with Crippen LogP contribution in [0.2, 0.25) is 0 Å². The molecule has 5 heteroatoms. The second-order valence-corrected chi connectivity index (χ2v) is 5.07. The maximum atomic E-state index is 13.1. The Morgan fingerprint density at radius 2 is 2.35 bits per heavy atom. The van der Waals surface area contributed by atoms with Crippen molar-refractivity contribution in [1.82, 2.24) is 10.2 Å². The van der Waals surface area contributed by atoms with Crippen molar-refractivity contribution in [1.29, 1.82) is 0 Å². The number of likely N-dealkylation sites (N-methyl/N-ethyl adjacent to an activating group) is 1. The number of amides is 1. The number of hydrogen-bond donors (Lipinski definition) is 1. The van der Waals surface area contributed by atoms with Gasteiger partial charge in [-0.1, -0.05) is 15.9 Å². The number of nitrogens with zero attached hydrogens (tertiary/aromatic N) is 1. The number of carbonyl (C=O) groups excluding carboxylic acids is 1. The topological polar surface area (TPSA) is 32.3 Å². The summed E-state index contributed by atoms with van der Waals surface area (Å²) in [5.74, 6) is -0.155. The first-order valence-electron chi connectivity index (χ1n) is 5.50. The van der Waals surface area contributed by atoms with Crippen LogP contribution in [0.5, 0.6) is 0 Å². The zero-order valence-electron chi connectivity index (χ0n) is 9.54. The number of carbonyl (C=O) groups is 1. The lowest BCUT2D eigenvalue weighted by Gasteiger charge is -2.13. The average molecular weight is 301 g/mol. The minimum atomic E-state index is -0.264. The summed E-state index contributed by atoms with van der Waals surface area (Å²) in [5, 5.41) is 3.16. The van der Waals surface area contributed by atoms with E-state index in [1.807, 2.05) is 0 Å². The predicted octanol–water partition coefficient (Wildman–Crippen LogP) is 1.91. The molecule has 1 heterocycles. The van der Waals surface area contributed by atoms with E-state index in [1.54, 1.807) is 18.0 Å². The fourth-order valence-electron chi connectivity index (χ4n) is 1.92. The van der Waals surface area contributed by atoms with E-state index in [0.29, 0.717) is 6.54 Å². The van der Waals surface area contributed by atoms with Gasteiger partial charge in [-0.15, -0.1) is 0 Å². The highest BCUT2D eigenvalue weighted by Crippen LogP contribution is 2.18. The number of rotatable bonds is 3. The van der Waals surface area contributed by atoms with Crippen molar-refractivity contribution >= 4 is 21.8 Å². The highest BCUT2D eigenvalue weighted by Gasteiger charge is 2.28. The Hall–Kier alpha value is -0.940. The zero-order chi connectivity index (χ0) is 12.4. The molecule has 92 valence electrons. The van der Waals surface area contributed by atoms with E-state index in [9.17, 15) is 9.18 Å². The van der Waals surface area contributed by atoms with Crippen LogP contribution in [0.25, 0.3) is 0 Å². The van der Waals surface area contributed by atoms with Crippen molar-refractivity contribution in [2.45, 2.75) is 19.0 Å². The van der Waals surface area contributed by atoms with Crippen molar-refractivity contribution in [3.63, 3.8) is 0 Å². The Labute approximate surface area is 108 Å². The normalized spacial score (nSPS) is 20.1. The highest BCUT2D eigenvalue weighted by molar-refractivity contribution is 9.10. The van der Waals surface area contributed by atoms with Crippen molar-refractivity contribution < 1.29 is 9.18 Å². The van der Waals surface area contributed by atoms with Gasteiger partial charge < -0.3 is 10.2 Å². The second-order valence-electron chi connectivity index (χ2n) is 4.22. The van der Waals surface area contributed by atoms with E-state index in [2.05, 4.69) is 21.2 Å². The monoisotopic (exact) mass is 300 g/mol. The summed E-state index contributed by atoms with van der Waals surface area (Å²) in [6.45, 7) is 1.27. The van der Waals surface area contributed by atoms with Gasteiger partial charge in [0.2, 0.25) is 5.91 Å². The molecule has 3 nitrogen and oxygen atoms in total. The summed E-state index contributed by atoms with van der Waals surface area (Å²) in [7, 11) is 1.79. The first kappa shape index (κ1) is 12.5. The van der Waals surface area contributed by atoms with Gasteiger partial charge in [0.15, 0.2) is 0 Å². The maximum absolute atomic E-state index is 13.1. The molecule has 1 amide bonds. The van der Waals surface area contributed by atoms with Crippen LogP contribution < -0.4 is 5.32 Å². The molecule has 1 N–H and O–H groups in total. The summed E-state index contributed by atoms with van der Waals surface area (Å²) < 4.78 is 13.9. The first-order valence-corrected chi connectivity index (χ1v) is 6.29. The highest BCUT2D eigenvalue weighted by atomic mass is 79.9. The fraction of sp³-hybridized carbons (Fsp3) is 0.417. The molecule has 1 aliphatic heterocycles. The smallest absolute Gasteiger partial charge is 0.239 e. The molecule has 1 fully saturated rings. The van der Waals surface area contributed by atoms with Crippen LogP contribution in [-0.2, 0) is 11.3 Å². The van der Waals surface area contributed by atoms with Crippen LogP contribution >= 0.6 is 15.9 Å². The number of nitrogens with one attached hydrogen (secondary N) is 1. The van der Waals surface area contributed by atoms with E-state index in [4.69, 9.17) is 0 Å². The first-order chi connectivity index (χ1) is 8.08. The standard InChI is InChI=1S/C12H14BrFN2O/c1-16-5-4-11(12(16)17)15-7-8-6-9(14)2-3-10(8)13/h2-3,6,11,15H,4-5,7H2,1H3. The van der Waals surface area contributed by atoms with Crippen LogP contribution in [0.15, 0.2) is 22.7 Å². The Kier molecular flexibility index (Phi) is 3.79. The molecule has 0 spiro atoms. The second kappa shape index (κ2) is 5.14. The summed E-state index contributed by atoms with van der Waals surface area (Å²) in [6, 6.07) is 4.41. The number of hydrogen-bond acceptors (Lipinski definition) is 2. The third kappa shape index (κ3) is 2.84. The predicted molar refractivity (Wildman–Crippen MR) is 67.0 cm³/mol. The van der Waals surface area contributed by atoms with Crippen LogP contribution in [-0.4, -0.2) is 30.4 Å². The van der Waals surface area contributed by atoms with Crippen LogP contribution in [0, 0.1) is 5.82 Å². The van der Waals surface area contributed by atoms with E-state index < -0.39 is 0 Å². The zero-order valence-corrected chi connectivity index (χ0v) is 11.1. The molecule has 1 aromatic carbocycles. The molecule has 17 heavy (non-hydrogen) atoms. The lowest BCUT2D eigenvalue weighted by molar-refractivity contribution is -0.128. The lowest BCUT2D eigenvalue weighted by Crippen LogP contribution is -2.36. The molecule has 1 atom stereocenters. The Morgan fingerprint density at radius 3 is 3.00 bits per heavy atom. The number of likely N-dealkylation sites (tertiary alicyclic amines) is 1. The minimum absolute atomic E-state index is 0.109. The summed E-state index contributed by atoms with van der Waals surface area (Å²) >= 11 is 3.36. The average Bonchev–Trinajstić information content (AvgIpc) is 2.62. The van der Waals surface area contributed by atoms with E-state index in [1.165, 1.54) is 12.1 Å². The number of halogens is 2. The van der Waals surface area contributed by atoms with Crippen LogP contribution in [0.1, 0.15) is 12.0 Å². The molecule has 0 aromatic heterocycles. The van der Waals surface area contributed by atoms with Gasteiger partial charge >= 0.3 is 0 Å². The molecule has 2 rings (SSSR count). The van der Waals surface area contributed by atoms with E-state index >= 15 is 0 Å². The van der Waals surface area contributed by atoms with E-state index in [-0.39, 0.29) is 17.8 Å². The Balaban J connectivity index is 1.98. The fourth-order valence-corrected chi connectivity index (χ4v) is 2.31. The third-order valence-corrected chi connectivity index (χ3v) is 3.75. The van der Waals surface area contributed by atoms with Gasteiger partial charge in [-0.3, -0.25) is 4.79 Å². The third-order valence-electron chi connectivity index (χ3n) is 2.97. The molecule has 1 aliphatic rings. The minimum Gasteiger partial charge on any atom is -0.344 e. The van der Waals surface area contributed by atoms with Gasteiger partial charge in [0.25, 0.3) is 0 Å². The summed E-state index contributed by atoms with van der Waals surface area (Å²) in [6.07, 6.45) is 0.808. The molecule has 1 unspecified atom stereocenters. The van der Waals surface area contributed by atoms with Gasteiger partial charge in [-0.2, -0.15) is 0 Å². The van der Waals surface area contributed by atoms with Gasteiger partial charge in [-0.05, 0) is 30.2 Å². The summed E-state index contributed by atoms with van der Waals surface area (Å²) in [4.78, 5) is 13.4. The molecule has 0 aliphatic carbocycles. The van der Waals surface area contributed by atoms with Crippen molar-refractivity contribution in [2.24, 2.45) is 0 Å². The van der Waals surface area contributed by atoms with Crippen molar-refractivity contribution in [3.05, 3.63) is 34.1 Å². The Bertz CT molecular complexity index is 439. The molecule has 0 radical (unpaired) electrons. The molecule has 1 aromatic rings. The molecular formula is C12H14BrFN2O. The number of benzene rings is 1. The molecular weight excluding hydrogens is 287 g/mol. The largest absolute Gasteiger partial charge is 0.344 e. The summed E-state index contributed by atoms with van der Waals surface area (Å²) in [5.41, 5.74) is 0.826. The van der Waals surface area contributed by atoms with Gasteiger partial charge in [-0.25, -0.2) is 4.39 Å². The lowest BCUT2D eigenvalue weighted by atomic mass is 10.2. The van der Waals surface area contributed by atoms with E-state index in [0.717, 1.165) is 23.0 Å². The quantitative estimate of drug-likeness (QED) is 0.925. The molecule has 0 bridgehead atoms. The van der Waals surface area contributed by atoms with Crippen LogP contribution in [0.4, 0.5) is 4.39 Å². The molecule has 0 saturated carbocycles. The van der Waals surface area contributed by atoms with Gasteiger partial charge in [0, 0.05) is 24.6 Å². The SMILES string of the molecule is CN1CCC(NCc2cc(F)ccc2Br)C1=O. The van der Waals surface area contributed by atoms with Crippen molar-refractivity contribution in [3.8, 4) is 0 Å².